The zero-order valence-electron chi connectivity index (χ0n) is 19.6. The van der Waals surface area contributed by atoms with Crippen LogP contribution in [0.25, 0.3) is 10.9 Å². The molecule has 0 bridgehead atoms. The molecule has 6 nitrogen and oxygen atoms in total. The van der Waals surface area contributed by atoms with Crippen molar-refractivity contribution in [2.45, 2.75) is 82.1 Å². The first kappa shape index (κ1) is 23.0. The molecule has 7 heteroatoms. The molecule has 3 N–H and O–H groups in total. The molecule has 0 unspecified atom stereocenters. The number of carbonyl (C=O) groups excluding carboxylic acids is 2. The molecule has 1 aromatic carbocycles. The van der Waals surface area contributed by atoms with E-state index < -0.39 is 5.41 Å². The van der Waals surface area contributed by atoms with Gasteiger partial charge in [0, 0.05) is 11.6 Å². The van der Waals surface area contributed by atoms with Gasteiger partial charge in [-0.3, -0.25) is 14.7 Å². The van der Waals surface area contributed by atoms with Crippen LogP contribution < -0.4 is 15.8 Å². The van der Waals surface area contributed by atoms with Crippen LogP contribution in [0.1, 0.15) is 76.2 Å². The van der Waals surface area contributed by atoms with E-state index in [4.69, 9.17) is 10.5 Å². The summed E-state index contributed by atoms with van der Waals surface area (Å²) >= 11 is 1.48. The maximum Gasteiger partial charge on any atom is 0.331 e. The standard InChI is InChI=1S/C27H33N3O3S/c28-25(31)27(15-6-1-2-7-16-27)20-18-30(26(32)29-23-14-9-17-34-23)21-12-8-13-22(24(20)21)33-19-10-4-3-5-11-19/h8-9,12-14,17-19H,1-7,10-11,15-16H2,(H2,28,31)(H,29,32). The van der Waals surface area contributed by atoms with Crippen molar-refractivity contribution in [3.63, 3.8) is 0 Å². The number of benzene rings is 1. The van der Waals surface area contributed by atoms with Crippen LogP contribution in [0.5, 0.6) is 5.75 Å². The molecule has 180 valence electrons. The average molecular weight is 480 g/mol. The molecule has 2 saturated carbocycles. The Labute approximate surface area is 204 Å². The molecule has 0 atom stereocenters. The number of carbonyl (C=O) groups is 2. The van der Waals surface area contributed by atoms with Gasteiger partial charge in [-0.25, -0.2) is 4.79 Å². The molecule has 34 heavy (non-hydrogen) atoms. The molecule has 2 aliphatic carbocycles. The predicted molar refractivity (Wildman–Crippen MR) is 137 cm³/mol. The number of primary amides is 1. The molecule has 0 spiro atoms. The summed E-state index contributed by atoms with van der Waals surface area (Å²) in [5.41, 5.74) is 6.93. The van der Waals surface area contributed by atoms with Gasteiger partial charge < -0.3 is 10.5 Å². The van der Waals surface area contributed by atoms with Gasteiger partial charge in [0.05, 0.1) is 22.0 Å². The minimum Gasteiger partial charge on any atom is -0.490 e. The molecule has 2 aromatic heterocycles. The van der Waals surface area contributed by atoms with Crippen molar-refractivity contribution in [2.24, 2.45) is 5.73 Å². The van der Waals surface area contributed by atoms with Gasteiger partial charge in [0.1, 0.15) is 5.75 Å². The van der Waals surface area contributed by atoms with E-state index in [0.717, 1.165) is 65.7 Å². The number of ether oxygens (including phenoxy) is 1. The summed E-state index contributed by atoms with van der Waals surface area (Å²) in [7, 11) is 0. The Hall–Kier alpha value is -2.80. The summed E-state index contributed by atoms with van der Waals surface area (Å²) in [5, 5.41) is 6.55. The molecule has 2 fully saturated rings. The Bertz CT molecular complexity index is 1150. The normalized spacial score (nSPS) is 18.9. The number of hydrogen-bond donors (Lipinski definition) is 2. The average Bonchev–Trinajstić information content (AvgIpc) is 3.42. The molecule has 2 amide bonds. The van der Waals surface area contributed by atoms with Gasteiger partial charge in [0.15, 0.2) is 0 Å². The second kappa shape index (κ2) is 9.82. The van der Waals surface area contributed by atoms with Crippen LogP contribution >= 0.6 is 11.3 Å². The van der Waals surface area contributed by atoms with Crippen molar-refractivity contribution in [3.8, 4) is 5.75 Å². The third-order valence-electron chi connectivity index (χ3n) is 7.55. The number of rotatable bonds is 5. The van der Waals surface area contributed by atoms with Crippen LogP contribution in [0.15, 0.2) is 41.9 Å². The van der Waals surface area contributed by atoms with Crippen LogP contribution in [0.2, 0.25) is 0 Å². The number of thiophene rings is 1. The Morgan fingerprint density at radius 1 is 1.00 bits per heavy atom. The molecular weight excluding hydrogens is 446 g/mol. The summed E-state index contributed by atoms with van der Waals surface area (Å²) in [6.07, 6.45) is 13.1. The van der Waals surface area contributed by atoms with E-state index in [-0.39, 0.29) is 18.0 Å². The number of nitrogens with one attached hydrogen (secondary N) is 1. The first-order chi connectivity index (χ1) is 16.6. The minimum atomic E-state index is -0.796. The largest absolute Gasteiger partial charge is 0.490 e. The summed E-state index contributed by atoms with van der Waals surface area (Å²) in [5.74, 6) is 0.450. The number of hydrogen-bond acceptors (Lipinski definition) is 4. The third-order valence-corrected chi connectivity index (χ3v) is 8.34. The zero-order chi connectivity index (χ0) is 23.5. The van der Waals surface area contributed by atoms with Crippen LogP contribution in [0.4, 0.5) is 9.80 Å². The van der Waals surface area contributed by atoms with E-state index in [1.165, 1.54) is 30.6 Å². The van der Waals surface area contributed by atoms with E-state index in [0.29, 0.717) is 12.8 Å². The highest BCUT2D eigenvalue weighted by atomic mass is 32.1. The minimum absolute atomic E-state index is 0.161. The highest BCUT2D eigenvalue weighted by Crippen LogP contribution is 2.45. The van der Waals surface area contributed by atoms with Crippen molar-refractivity contribution in [3.05, 3.63) is 47.5 Å². The van der Waals surface area contributed by atoms with E-state index in [2.05, 4.69) is 5.32 Å². The lowest BCUT2D eigenvalue weighted by atomic mass is 9.73. The number of nitrogens with two attached hydrogens (primary N) is 1. The number of nitrogens with zero attached hydrogens (tertiary/aromatic N) is 1. The molecule has 3 aromatic rings. The first-order valence-electron chi connectivity index (χ1n) is 12.5. The van der Waals surface area contributed by atoms with Crippen molar-refractivity contribution < 1.29 is 14.3 Å². The van der Waals surface area contributed by atoms with E-state index in [9.17, 15) is 9.59 Å². The van der Waals surface area contributed by atoms with Crippen LogP contribution in [0.3, 0.4) is 0 Å². The van der Waals surface area contributed by atoms with Crippen molar-refractivity contribution in [1.29, 1.82) is 0 Å². The topological polar surface area (TPSA) is 86.4 Å². The Morgan fingerprint density at radius 3 is 2.41 bits per heavy atom. The number of aromatic nitrogens is 1. The molecule has 2 aliphatic rings. The molecule has 0 saturated heterocycles. The Balaban J connectivity index is 1.65. The van der Waals surface area contributed by atoms with Gasteiger partial charge in [-0.15, -0.1) is 11.3 Å². The van der Waals surface area contributed by atoms with Crippen molar-refractivity contribution in [2.75, 3.05) is 5.32 Å². The lowest BCUT2D eigenvalue weighted by Gasteiger charge is -2.30. The lowest BCUT2D eigenvalue weighted by molar-refractivity contribution is -0.124. The lowest BCUT2D eigenvalue weighted by Crippen LogP contribution is -2.41. The molecule has 0 radical (unpaired) electrons. The fraction of sp³-hybridized carbons (Fsp3) is 0.481. The van der Waals surface area contributed by atoms with Gasteiger partial charge in [0.25, 0.3) is 0 Å². The van der Waals surface area contributed by atoms with Crippen molar-refractivity contribution >= 4 is 39.2 Å². The first-order valence-corrected chi connectivity index (χ1v) is 13.4. The fourth-order valence-corrected chi connectivity index (χ4v) is 6.35. The fourth-order valence-electron chi connectivity index (χ4n) is 5.74. The van der Waals surface area contributed by atoms with Gasteiger partial charge in [-0.1, -0.05) is 38.2 Å². The summed E-state index contributed by atoms with van der Waals surface area (Å²) < 4.78 is 8.19. The maximum atomic E-state index is 13.4. The van der Waals surface area contributed by atoms with Crippen LogP contribution in [-0.2, 0) is 10.2 Å². The molecule has 5 rings (SSSR count). The van der Waals surface area contributed by atoms with Crippen LogP contribution in [0, 0.1) is 0 Å². The van der Waals surface area contributed by atoms with Gasteiger partial charge in [-0.05, 0) is 73.7 Å². The smallest absolute Gasteiger partial charge is 0.331 e. The van der Waals surface area contributed by atoms with Gasteiger partial charge >= 0.3 is 6.03 Å². The summed E-state index contributed by atoms with van der Waals surface area (Å²) in [4.78, 5) is 26.5. The maximum absolute atomic E-state index is 13.4. The molecule has 2 heterocycles. The van der Waals surface area contributed by atoms with Gasteiger partial charge in [0.2, 0.25) is 5.91 Å². The number of anilines is 1. The highest BCUT2D eigenvalue weighted by Gasteiger charge is 2.42. The molecular formula is C27H33N3O3S. The van der Waals surface area contributed by atoms with E-state index >= 15 is 0 Å². The quantitative estimate of drug-likeness (QED) is 0.406. The second-order valence-electron chi connectivity index (χ2n) is 9.71. The van der Waals surface area contributed by atoms with E-state index in [1.807, 2.05) is 41.9 Å². The molecule has 0 aliphatic heterocycles. The third kappa shape index (κ3) is 4.33. The van der Waals surface area contributed by atoms with E-state index in [1.54, 1.807) is 4.57 Å². The van der Waals surface area contributed by atoms with Crippen LogP contribution in [-0.4, -0.2) is 22.6 Å². The Kier molecular flexibility index (Phi) is 6.63. The Morgan fingerprint density at radius 2 is 1.74 bits per heavy atom. The summed E-state index contributed by atoms with van der Waals surface area (Å²) in [6.45, 7) is 0. The van der Waals surface area contributed by atoms with Gasteiger partial charge in [-0.2, -0.15) is 0 Å². The predicted octanol–water partition coefficient (Wildman–Crippen LogP) is 6.57. The summed E-state index contributed by atoms with van der Waals surface area (Å²) in [6, 6.07) is 9.39. The number of fused-ring (bicyclic) bond motifs is 1. The SMILES string of the molecule is NC(=O)C1(c2cn(C(=O)Nc3cccs3)c3cccc(OC4CCCCC4)c23)CCCCCC1. The second-order valence-corrected chi connectivity index (χ2v) is 10.7. The van der Waals surface area contributed by atoms with Crippen molar-refractivity contribution in [1.82, 2.24) is 4.57 Å². The monoisotopic (exact) mass is 479 g/mol. The zero-order valence-corrected chi connectivity index (χ0v) is 20.4. The number of amides is 2. The highest BCUT2D eigenvalue weighted by molar-refractivity contribution is 7.14.